The molecule has 0 fully saturated rings. The van der Waals surface area contributed by atoms with E-state index in [2.05, 4.69) is 20.6 Å². The fourth-order valence-corrected chi connectivity index (χ4v) is 1.72. The molecule has 1 unspecified atom stereocenters. The molecule has 2 rings (SSSR count). The van der Waals surface area contributed by atoms with Gasteiger partial charge in [-0.1, -0.05) is 10.3 Å². The monoisotopic (exact) mass is 222 g/mol. The summed E-state index contributed by atoms with van der Waals surface area (Å²) in [5, 5.41) is 10.7. The van der Waals surface area contributed by atoms with E-state index in [1.165, 1.54) is 0 Å². The number of nitrogens with zero attached hydrogens (tertiary/aromatic N) is 3. The number of hydrogen-bond acceptors (Lipinski definition) is 6. The molecule has 6 nitrogen and oxygen atoms in total. The number of nitrogens with one attached hydrogen (secondary N) is 1. The van der Waals surface area contributed by atoms with E-state index < -0.39 is 0 Å². The lowest BCUT2D eigenvalue weighted by Gasteiger charge is -2.10. The van der Waals surface area contributed by atoms with Crippen LogP contribution in [0.25, 0.3) is 0 Å². The number of rotatable bonds is 3. The van der Waals surface area contributed by atoms with E-state index in [-0.39, 0.29) is 6.04 Å². The highest BCUT2D eigenvalue weighted by Crippen LogP contribution is 2.23. The van der Waals surface area contributed by atoms with E-state index in [4.69, 9.17) is 9.05 Å². The Morgan fingerprint density at radius 2 is 1.88 bits per heavy atom. The summed E-state index contributed by atoms with van der Waals surface area (Å²) in [4.78, 5) is 4.08. The Balaban J connectivity index is 2.17. The van der Waals surface area contributed by atoms with Gasteiger partial charge in [-0.15, -0.1) is 0 Å². The van der Waals surface area contributed by atoms with Gasteiger partial charge < -0.3 is 14.4 Å². The molecule has 2 aromatic heterocycles. The van der Waals surface area contributed by atoms with Crippen molar-refractivity contribution in [3.8, 4) is 0 Å². The molecule has 0 spiro atoms. The van der Waals surface area contributed by atoms with Gasteiger partial charge in [0.1, 0.15) is 5.76 Å². The van der Waals surface area contributed by atoms with Crippen LogP contribution < -0.4 is 5.32 Å². The Bertz CT molecular complexity index is 469. The molecule has 6 heteroatoms. The molecular formula is C10H14N4O2. The molecule has 0 aliphatic heterocycles. The van der Waals surface area contributed by atoms with E-state index >= 15 is 0 Å². The minimum absolute atomic E-state index is 0.0195. The van der Waals surface area contributed by atoms with Crippen molar-refractivity contribution in [3.63, 3.8) is 0 Å². The second-order valence-corrected chi connectivity index (χ2v) is 3.75. The molecule has 0 saturated heterocycles. The van der Waals surface area contributed by atoms with Crippen molar-refractivity contribution in [1.82, 2.24) is 15.3 Å². The molecule has 1 atom stereocenters. The molecular weight excluding hydrogens is 208 g/mol. The summed E-state index contributed by atoms with van der Waals surface area (Å²) in [7, 11) is 0. The average molecular weight is 222 g/mol. The van der Waals surface area contributed by atoms with E-state index in [1.807, 2.05) is 20.8 Å². The van der Waals surface area contributed by atoms with Crippen molar-refractivity contribution in [1.29, 1.82) is 0 Å². The fraction of sp³-hybridized carbons (Fsp3) is 0.500. The third kappa shape index (κ3) is 1.91. The standard InChI is InChI=1S/C10H14N4O2/c1-5(9-6(2)13-15-7(9)3)11-10-12-8(4)14-16-10/h5H,1-4H3,(H,11,12,14). The van der Waals surface area contributed by atoms with Crippen LogP contribution in [0.5, 0.6) is 0 Å². The van der Waals surface area contributed by atoms with Crippen molar-refractivity contribution < 1.29 is 9.05 Å². The van der Waals surface area contributed by atoms with Crippen molar-refractivity contribution >= 4 is 6.01 Å². The van der Waals surface area contributed by atoms with Crippen LogP contribution in [-0.2, 0) is 0 Å². The highest BCUT2D eigenvalue weighted by molar-refractivity contribution is 5.32. The van der Waals surface area contributed by atoms with Gasteiger partial charge in [0, 0.05) is 5.56 Å². The lowest BCUT2D eigenvalue weighted by Crippen LogP contribution is -2.08. The van der Waals surface area contributed by atoms with Gasteiger partial charge in [0.15, 0.2) is 5.82 Å². The smallest absolute Gasteiger partial charge is 0.321 e. The van der Waals surface area contributed by atoms with Crippen LogP contribution in [0, 0.1) is 20.8 Å². The summed E-state index contributed by atoms with van der Waals surface area (Å²) < 4.78 is 10.1. The van der Waals surface area contributed by atoms with Crippen molar-refractivity contribution in [2.75, 3.05) is 5.32 Å². The average Bonchev–Trinajstić information content (AvgIpc) is 2.74. The molecule has 1 N–H and O–H groups in total. The molecule has 16 heavy (non-hydrogen) atoms. The van der Waals surface area contributed by atoms with Crippen LogP contribution in [-0.4, -0.2) is 15.3 Å². The van der Waals surface area contributed by atoms with Crippen LogP contribution in [0.3, 0.4) is 0 Å². The molecule has 0 aliphatic carbocycles. The second-order valence-electron chi connectivity index (χ2n) is 3.75. The predicted molar refractivity (Wildman–Crippen MR) is 57.0 cm³/mol. The van der Waals surface area contributed by atoms with Gasteiger partial charge in [0.25, 0.3) is 0 Å². The fourth-order valence-electron chi connectivity index (χ4n) is 1.72. The van der Waals surface area contributed by atoms with Gasteiger partial charge in [-0.2, -0.15) is 4.98 Å². The maximum Gasteiger partial charge on any atom is 0.321 e. The topological polar surface area (TPSA) is 77.0 Å². The van der Waals surface area contributed by atoms with Crippen molar-refractivity contribution in [3.05, 3.63) is 22.8 Å². The molecule has 0 aliphatic rings. The molecule has 0 aromatic carbocycles. The van der Waals surface area contributed by atoms with E-state index in [0.717, 1.165) is 17.0 Å². The number of aryl methyl sites for hydroxylation is 3. The lowest BCUT2D eigenvalue weighted by molar-refractivity contribution is 0.391. The molecule has 0 bridgehead atoms. The van der Waals surface area contributed by atoms with Crippen LogP contribution in [0.1, 0.15) is 35.8 Å². The zero-order valence-electron chi connectivity index (χ0n) is 9.74. The predicted octanol–water partition coefficient (Wildman–Crippen LogP) is 2.16. The zero-order chi connectivity index (χ0) is 11.7. The van der Waals surface area contributed by atoms with Crippen LogP contribution in [0.15, 0.2) is 9.05 Å². The number of hydrogen-bond donors (Lipinski definition) is 1. The highest BCUT2D eigenvalue weighted by atomic mass is 16.5. The van der Waals surface area contributed by atoms with Crippen LogP contribution in [0.4, 0.5) is 6.01 Å². The Morgan fingerprint density at radius 3 is 2.38 bits per heavy atom. The van der Waals surface area contributed by atoms with E-state index in [1.54, 1.807) is 6.92 Å². The van der Waals surface area contributed by atoms with Gasteiger partial charge in [0.05, 0.1) is 11.7 Å². The summed E-state index contributed by atoms with van der Waals surface area (Å²) in [6, 6.07) is 0.427. The SMILES string of the molecule is Cc1noc(NC(C)c2c(C)noc2C)n1. The molecule has 0 amide bonds. The van der Waals surface area contributed by atoms with Gasteiger partial charge in [0.2, 0.25) is 0 Å². The third-order valence-corrected chi connectivity index (χ3v) is 2.39. The van der Waals surface area contributed by atoms with E-state index in [0.29, 0.717) is 11.8 Å². The summed E-state index contributed by atoms with van der Waals surface area (Å²) >= 11 is 0. The van der Waals surface area contributed by atoms with Crippen molar-refractivity contribution in [2.45, 2.75) is 33.7 Å². The summed E-state index contributed by atoms with van der Waals surface area (Å²) in [6.07, 6.45) is 0. The Labute approximate surface area is 93.0 Å². The number of anilines is 1. The molecule has 0 saturated carbocycles. The molecule has 2 aromatic rings. The van der Waals surface area contributed by atoms with Gasteiger partial charge >= 0.3 is 6.01 Å². The van der Waals surface area contributed by atoms with Gasteiger partial charge in [-0.25, -0.2) is 0 Å². The zero-order valence-corrected chi connectivity index (χ0v) is 9.74. The molecule has 0 radical (unpaired) electrons. The molecule has 86 valence electrons. The summed E-state index contributed by atoms with van der Waals surface area (Å²) in [5.74, 6) is 1.40. The Hall–Kier alpha value is -1.85. The van der Waals surface area contributed by atoms with Gasteiger partial charge in [-0.3, -0.25) is 0 Å². The Morgan fingerprint density at radius 1 is 1.12 bits per heavy atom. The maximum absolute atomic E-state index is 5.10. The minimum atomic E-state index is 0.0195. The second kappa shape index (κ2) is 3.96. The highest BCUT2D eigenvalue weighted by Gasteiger charge is 2.17. The first-order chi connectivity index (χ1) is 7.58. The first-order valence-electron chi connectivity index (χ1n) is 5.07. The van der Waals surface area contributed by atoms with Crippen LogP contribution >= 0.6 is 0 Å². The number of aromatic nitrogens is 3. The Kier molecular flexibility index (Phi) is 2.64. The minimum Gasteiger partial charge on any atom is -0.361 e. The lowest BCUT2D eigenvalue weighted by atomic mass is 10.1. The normalized spacial score (nSPS) is 12.8. The quantitative estimate of drug-likeness (QED) is 0.857. The third-order valence-electron chi connectivity index (χ3n) is 2.39. The molecule has 2 heterocycles. The van der Waals surface area contributed by atoms with E-state index in [9.17, 15) is 0 Å². The largest absolute Gasteiger partial charge is 0.361 e. The van der Waals surface area contributed by atoms with Crippen LogP contribution in [0.2, 0.25) is 0 Å². The first-order valence-corrected chi connectivity index (χ1v) is 5.07. The maximum atomic E-state index is 5.10. The van der Waals surface area contributed by atoms with Crippen molar-refractivity contribution in [2.24, 2.45) is 0 Å². The summed E-state index contributed by atoms with van der Waals surface area (Å²) in [5.41, 5.74) is 1.89. The first kappa shape index (κ1) is 10.7. The summed E-state index contributed by atoms with van der Waals surface area (Å²) in [6.45, 7) is 7.55. The van der Waals surface area contributed by atoms with Gasteiger partial charge in [-0.05, 0) is 27.7 Å².